The summed E-state index contributed by atoms with van der Waals surface area (Å²) in [5.41, 5.74) is 5.13. The van der Waals surface area contributed by atoms with E-state index in [1.165, 1.54) is 48.7 Å². The topological polar surface area (TPSA) is 0 Å². The lowest BCUT2D eigenvalue weighted by atomic mass is 9.96. The summed E-state index contributed by atoms with van der Waals surface area (Å²) in [7, 11) is 0. The molecule has 0 aliphatic heterocycles. The van der Waals surface area contributed by atoms with Crippen molar-refractivity contribution in [1.82, 2.24) is 0 Å². The van der Waals surface area contributed by atoms with Crippen molar-refractivity contribution in [3.63, 3.8) is 0 Å². The molecule has 0 heterocycles. The highest BCUT2D eigenvalue weighted by atomic mass is 32.2. The molecule has 0 spiro atoms. The normalized spacial score (nSPS) is 11.2. The van der Waals surface area contributed by atoms with E-state index in [0.717, 1.165) is 0 Å². The van der Waals surface area contributed by atoms with E-state index in [4.69, 9.17) is 0 Å². The zero-order chi connectivity index (χ0) is 18.9. The largest absolute Gasteiger partial charge is 0.128 e. The van der Waals surface area contributed by atoms with E-state index in [0.29, 0.717) is 0 Å². The molecule has 0 aromatic heterocycles. The van der Waals surface area contributed by atoms with Crippen LogP contribution in [-0.2, 0) is 0 Å². The van der Waals surface area contributed by atoms with Crippen LogP contribution in [0.3, 0.4) is 0 Å². The van der Waals surface area contributed by atoms with Gasteiger partial charge in [-0.15, -0.1) is 11.8 Å². The quantitative estimate of drug-likeness (QED) is 0.287. The maximum absolute atomic E-state index is 2.30. The Hall–Kier alpha value is -3.03. The number of hydrogen-bond donors (Lipinski definition) is 0. The molecule has 0 aliphatic carbocycles. The molecule has 28 heavy (non-hydrogen) atoms. The summed E-state index contributed by atoms with van der Waals surface area (Å²) in [5, 5.41) is 5.12. The summed E-state index contributed by atoms with van der Waals surface area (Å²) in [5.74, 6) is 0. The van der Waals surface area contributed by atoms with Gasteiger partial charge < -0.3 is 0 Å². The van der Waals surface area contributed by atoms with Crippen LogP contribution >= 0.6 is 11.8 Å². The standard InChI is InChI=1S/C27H20S/c1-28-27-25(23-15-13-19-7-2-4-9-21(19)17-23)11-6-12-26(27)24-16-14-20-8-3-5-10-22(20)18-24/h2-18H,1H3. The first-order valence-corrected chi connectivity index (χ1v) is 10.7. The minimum absolute atomic E-state index is 1.27. The Labute approximate surface area is 169 Å². The predicted octanol–water partition coefficient (Wildman–Crippen LogP) is 8.05. The van der Waals surface area contributed by atoms with E-state index >= 15 is 0 Å². The van der Waals surface area contributed by atoms with Gasteiger partial charge in [0.25, 0.3) is 0 Å². The Morgan fingerprint density at radius 2 is 0.929 bits per heavy atom. The van der Waals surface area contributed by atoms with Gasteiger partial charge in [0.1, 0.15) is 0 Å². The molecule has 0 fully saturated rings. The highest BCUT2D eigenvalue weighted by Crippen LogP contribution is 2.39. The molecule has 0 saturated heterocycles. The molecule has 5 rings (SSSR count). The zero-order valence-corrected chi connectivity index (χ0v) is 16.5. The highest BCUT2D eigenvalue weighted by Gasteiger charge is 2.12. The molecule has 0 nitrogen and oxygen atoms in total. The Balaban J connectivity index is 1.69. The van der Waals surface area contributed by atoms with Crippen LogP contribution in [0.4, 0.5) is 0 Å². The molecule has 0 amide bonds. The van der Waals surface area contributed by atoms with E-state index < -0.39 is 0 Å². The highest BCUT2D eigenvalue weighted by molar-refractivity contribution is 7.98. The summed E-state index contributed by atoms with van der Waals surface area (Å²) in [6.07, 6.45) is 2.17. The van der Waals surface area contributed by atoms with Gasteiger partial charge in [0.2, 0.25) is 0 Å². The molecule has 0 aliphatic rings. The molecule has 1 heteroatoms. The van der Waals surface area contributed by atoms with E-state index in [1.54, 1.807) is 0 Å². The minimum Gasteiger partial charge on any atom is -0.128 e. The second-order valence-electron chi connectivity index (χ2n) is 7.01. The fourth-order valence-corrected chi connectivity index (χ4v) is 4.74. The Bertz CT molecular complexity index is 1200. The van der Waals surface area contributed by atoms with E-state index in [9.17, 15) is 0 Å². The van der Waals surface area contributed by atoms with Gasteiger partial charge in [-0.1, -0.05) is 91.0 Å². The van der Waals surface area contributed by atoms with Gasteiger partial charge >= 0.3 is 0 Å². The SMILES string of the molecule is CSc1c(-c2ccc3ccccc3c2)cccc1-c1ccc2ccccc2c1. The predicted molar refractivity (Wildman–Crippen MR) is 124 cm³/mol. The van der Waals surface area contributed by atoms with Gasteiger partial charge in [-0.05, 0) is 62.2 Å². The van der Waals surface area contributed by atoms with Gasteiger partial charge in [-0.3, -0.25) is 0 Å². The van der Waals surface area contributed by atoms with Gasteiger partial charge in [0.05, 0.1) is 0 Å². The van der Waals surface area contributed by atoms with E-state index in [1.807, 2.05) is 11.8 Å². The average molecular weight is 377 g/mol. The first kappa shape index (κ1) is 17.1. The van der Waals surface area contributed by atoms with Crippen LogP contribution in [0.25, 0.3) is 43.8 Å². The van der Waals surface area contributed by atoms with Crippen LogP contribution < -0.4 is 0 Å². The lowest BCUT2D eigenvalue weighted by Gasteiger charge is -2.15. The lowest BCUT2D eigenvalue weighted by molar-refractivity contribution is 1.44. The van der Waals surface area contributed by atoms with Gasteiger partial charge in [-0.2, -0.15) is 0 Å². The third-order valence-corrected chi connectivity index (χ3v) is 6.19. The van der Waals surface area contributed by atoms with Crippen molar-refractivity contribution >= 4 is 33.3 Å². The van der Waals surface area contributed by atoms with Crippen LogP contribution in [0.5, 0.6) is 0 Å². The number of rotatable bonds is 3. The van der Waals surface area contributed by atoms with Crippen molar-refractivity contribution in [2.45, 2.75) is 4.90 Å². The van der Waals surface area contributed by atoms with Gasteiger partial charge in [0, 0.05) is 4.90 Å². The average Bonchev–Trinajstić information content (AvgIpc) is 2.77. The fraction of sp³-hybridized carbons (Fsp3) is 0.0370. The molecule has 0 bridgehead atoms. The van der Waals surface area contributed by atoms with Gasteiger partial charge in [-0.25, -0.2) is 0 Å². The Morgan fingerprint density at radius 1 is 0.464 bits per heavy atom. The van der Waals surface area contributed by atoms with Crippen molar-refractivity contribution in [3.05, 3.63) is 103 Å². The third kappa shape index (κ3) is 2.98. The summed E-state index contributed by atoms with van der Waals surface area (Å²) < 4.78 is 0. The Kier molecular flexibility index (Phi) is 4.38. The molecular weight excluding hydrogens is 356 g/mol. The summed E-state index contributed by atoms with van der Waals surface area (Å²) in [6, 6.07) is 37.3. The second-order valence-corrected chi connectivity index (χ2v) is 7.83. The monoisotopic (exact) mass is 376 g/mol. The van der Waals surface area contributed by atoms with Crippen molar-refractivity contribution in [1.29, 1.82) is 0 Å². The van der Waals surface area contributed by atoms with Crippen LogP contribution in [0.2, 0.25) is 0 Å². The van der Waals surface area contributed by atoms with Crippen molar-refractivity contribution in [2.24, 2.45) is 0 Å². The molecule has 0 radical (unpaired) electrons. The lowest BCUT2D eigenvalue weighted by Crippen LogP contribution is -1.88. The van der Waals surface area contributed by atoms with Crippen LogP contribution in [0.1, 0.15) is 0 Å². The molecule has 0 unspecified atom stereocenters. The molecular formula is C27H20S. The first-order valence-electron chi connectivity index (χ1n) is 9.49. The number of hydrogen-bond acceptors (Lipinski definition) is 1. The van der Waals surface area contributed by atoms with Crippen molar-refractivity contribution in [3.8, 4) is 22.3 Å². The molecule has 5 aromatic rings. The summed E-state index contributed by atoms with van der Waals surface area (Å²) in [6.45, 7) is 0. The third-order valence-electron chi connectivity index (χ3n) is 5.34. The number of fused-ring (bicyclic) bond motifs is 2. The van der Waals surface area contributed by atoms with Crippen molar-refractivity contribution in [2.75, 3.05) is 6.26 Å². The Morgan fingerprint density at radius 3 is 1.39 bits per heavy atom. The molecule has 0 atom stereocenters. The van der Waals surface area contributed by atoms with Crippen LogP contribution in [0.15, 0.2) is 108 Å². The van der Waals surface area contributed by atoms with E-state index in [-0.39, 0.29) is 0 Å². The number of benzene rings is 5. The summed E-state index contributed by atoms with van der Waals surface area (Å²) >= 11 is 1.82. The smallest absolute Gasteiger partial charge is 0.0226 e. The van der Waals surface area contributed by atoms with Crippen LogP contribution in [-0.4, -0.2) is 6.26 Å². The molecule has 134 valence electrons. The second kappa shape index (κ2) is 7.18. The maximum atomic E-state index is 2.30. The molecule has 5 aromatic carbocycles. The number of thioether (sulfide) groups is 1. The van der Waals surface area contributed by atoms with Crippen molar-refractivity contribution < 1.29 is 0 Å². The molecule has 0 N–H and O–H groups in total. The molecule has 0 saturated carbocycles. The first-order chi connectivity index (χ1) is 13.8. The minimum atomic E-state index is 1.27. The maximum Gasteiger partial charge on any atom is 0.0226 e. The summed E-state index contributed by atoms with van der Waals surface area (Å²) in [4.78, 5) is 1.33. The van der Waals surface area contributed by atoms with E-state index in [2.05, 4.69) is 109 Å². The van der Waals surface area contributed by atoms with Crippen LogP contribution in [0, 0.1) is 0 Å². The fourth-order valence-electron chi connectivity index (χ4n) is 3.93. The zero-order valence-electron chi connectivity index (χ0n) is 15.7. The van der Waals surface area contributed by atoms with Gasteiger partial charge in [0.15, 0.2) is 0 Å².